The number of piperidine rings is 1. The van der Waals surface area contributed by atoms with Crippen molar-refractivity contribution in [2.75, 3.05) is 7.05 Å². The lowest BCUT2D eigenvalue weighted by Gasteiger charge is -2.35. The molecule has 0 spiro atoms. The maximum absolute atomic E-state index is 12.0. The van der Waals surface area contributed by atoms with E-state index in [1.807, 2.05) is 0 Å². The second-order valence-corrected chi connectivity index (χ2v) is 6.06. The zero-order valence-corrected chi connectivity index (χ0v) is 11.8. The van der Waals surface area contributed by atoms with Gasteiger partial charge in [0.15, 0.2) is 0 Å². The smallest absolute Gasteiger partial charge is 0.311 e. The molecular formula is C16H21NO3. The SMILES string of the molecule is CN1C2CCC1CC(CC(=O)Oc1ccc(O)cc1)C2. The summed E-state index contributed by atoms with van der Waals surface area (Å²) in [5.74, 6) is 0.971. The highest BCUT2D eigenvalue weighted by molar-refractivity contribution is 5.72. The molecule has 0 aliphatic carbocycles. The first-order valence-electron chi connectivity index (χ1n) is 7.33. The van der Waals surface area contributed by atoms with Gasteiger partial charge >= 0.3 is 5.97 Å². The van der Waals surface area contributed by atoms with Crippen LogP contribution in [0.15, 0.2) is 24.3 Å². The van der Waals surface area contributed by atoms with Crippen molar-refractivity contribution in [1.82, 2.24) is 4.90 Å². The number of benzene rings is 1. The predicted octanol–water partition coefficient (Wildman–Crippen LogP) is 2.56. The number of nitrogens with zero attached hydrogens (tertiary/aromatic N) is 1. The molecule has 1 N–H and O–H groups in total. The molecule has 1 aromatic rings. The molecule has 4 heteroatoms. The van der Waals surface area contributed by atoms with Crippen LogP contribution in [0.4, 0.5) is 0 Å². The summed E-state index contributed by atoms with van der Waals surface area (Å²) in [6.45, 7) is 0. The van der Waals surface area contributed by atoms with Crippen LogP contribution in [0.25, 0.3) is 0 Å². The van der Waals surface area contributed by atoms with Crippen LogP contribution >= 0.6 is 0 Å². The third-order valence-corrected chi connectivity index (χ3v) is 4.72. The Kier molecular flexibility index (Phi) is 3.66. The van der Waals surface area contributed by atoms with Crippen molar-refractivity contribution in [3.05, 3.63) is 24.3 Å². The lowest BCUT2D eigenvalue weighted by atomic mass is 9.88. The van der Waals surface area contributed by atoms with Crippen LogP contribution in [0.2, 0.25) is 0 Å². The summed E-state index contributed by atoms with van der Waals surface area (Å²) < 4.78 is 5.33. The average Bonchev–Trinajstić information content (AvgIpc) is 2.64. The molecule has 3 rings (SSSR count). The van der Waals surface area contributed by atoms with Gasteiger partial charge in [-0.25, -0.2) is 0 Å². The summed E-state index contributed by atoms with van der Waals surface area (Å²) >= 11 is 0. The third kappa shape index (κ3) is 2.80. The number of hydrogen-bond acceptors (Lipinski definition) is 4. The molecule has 2 unspecified atom stereocenters. The first kappa shape index (κ1) is 13.4. The van der Waals surface area contributed by atoms with E-state index in [-0.39, 0.29) is 11.7 Å². The topological polar surface area (TPSA) is 49.8 Å². The maximum atomic E-state index is 12.0. The van der Waals surface area contributed by atoms with Gasteiger partial charge in [0.05, 0.1) is 0 Å². The number of esters is 1. The number of ether oxygens (including phenoxy) is 1. The second-order valence-electron chi connectivity index (χ2n) is 6.06. The van der Waals surface area contributed by atoms with Gasteiger partial charge in [-0.15, -0.1) is 0 Å². The highest BCUT2D eigenvalue weighted by Gasteiger charge is 2.39. The van der Waals surface area contributed by atoms with Crippen LogP contribution in [-0.4, -0.2) is 35.1 Å². The zero-order valence-electron chi connectivity index (χ0n) is 11.8. The Hall–Kier alpha value is -1.55. The minimum Gasteiger partial charge on any atom is -0.508 e. The van der Waals surface area contributed by atoms with Gasteiger partial charge < -0.3 is 14.7 Å². The molecule has 2 fully saturated rings. The number of carbonyl (C=O) groups is 1. The van der Waals surface area contributed by atoms with Crippen molar-refractivity contribution < 1.29 is 14.6 Å². The maximum Gasteiger partial charge on any atom is 0.311 e. The van der Waals surface area contributed by atoms with Crippen molar-refractivity contribution in [1.29, 1.82) is 0 Å². The number of hydrogen-bond donors (Lipinski definition) is 1. The van der Waals surface area contributed by atoms with Gasteiger partial charge in [-0.1, -0.05) is 0 Å². The summed E-state index contributed by atoms with van der Waals surface area (Å²) in [6, 6.07) is 7.59. The number of phenolic OH excluding ortho intramolecular Hbond substituents is 1. The Morgan fingerprint density at radius 3 is 2.45 bits per heavy atom. The Bertz CT molecular complexity index is 471. The second kappa shape index (κ2) is 5.44. The van der Waals surface area contributed by atoms with Gasteiger partial charge in [-0.05, 0) is 62.9 Å². The number of rotatable bonds is 3. The highest BCUT2D eigenvalue weighted by atomic mass is 16.5. The quantitative estimate of drug-likeness (QED) is 0.680. The van der Waals surface area contributed by atoms with Crippen molar-refractivity contribution >= 4 is 5.97 Å². The summed E-state index contributed by atoms with van der Waals surface area (Å²) in [5, 5.41) is 9.20. The molecule has 2 aliphatic heterocycles. The fourth-order valence-electron chi connectivity index (χ4n) is 3.61. The molecule has 2 atom stereocenters. The van der Waals surface area contributed by atoms with Crippen LogP contribution in [0.3, 0.4) is 0 Å². The lowest BCUT2D eigenvalue weighted by molar-refractivity contribution is -0.136. The Balaban J connectivity index is 1.53. The van der Waals surface area contributed by atoms with Gasteiger partial charge in [0.2, 0.25) is 0 Å². The molecule has 0 saturated carbocycles. The number of phenols is 1. The van der Waals surface area contributed by atoms with Crippen LogP contribution in [0.5, 0.6) is 11.5 Å². The van der Waals surface area contributed by atoms with Crippen LogP contribution < -0.4 is 4.74 Å². The van der Waals surface area contributed by atoms with E-state index in [1.54, 1.807) is 12.1 Å². The molecule has 20 heavy (non-hydrogen) atoms. The van der Waals surface area contributed by atoms with Gasteiger partial charge in [0.25, 0.3) is 0 Å². The normalized spacial score (nSPS) is 29.4. The Morgan fingerprint density at radius 2 is 1.85 bits per heavy atom. The first-order chi connectivity index (χ1) is 9.61. The van der Waals surface area contributed by atoms with E-state index >= 15 is 0 Å². The standard InChI is InChI=1S/C16H21NO3/c1-17-12-2-3-13(17)9-11(8-12)10-16(19)20-15-6-4-14(18)5-7-15/h4-7,11-13,18H,2-3,8-10H2,1H3. The van der Waals surface area contributed by atoms with E-state index in [9.17, 15) is 9.90 Å². The fraction of sp³-hybridized carbons (Fsp3) is 0.562. The molecule has 0 aromatic heterocycles. The van der Waals surface area contributed by atoms with Crippen LogP contribution in [0, 0.1) is 5.92 Å². The molecule has 1 aromatic carbocycles. The highest BCUT2D eigenvalue weighted by Crippen LogP contribution is 2.38. The van der Waals surface area contributed by atoms with Gasteiger partial charge in [-0.2, -0.15) is 0 Å². The monoisotopic (exact) mass is 275 g/mol. The van der Waals surface area contributed by atoms with E-state index in [2.05, 4.69) is 11.9 Å². The fourth-order valence-corrected chi connectivity index (χ4v) is 3.61. The van der Waals surface area contributed by atoms with Crippen LogP contribution in [-0.2, 0) is 4.79 Å². The summed E-state index contributed by atoms with van der Waals surface area (Å²) in [7, 11) is 2.20. The van der Waals surface area contributed by atoms with Crippen molar-refractivity contribution in [2.24, 2.45) is 5.92 Å². The third-order valence-electron chi connectivity index (χ3n) is 4.72. The Morgan fingerprint density at radius 1 is 1.25 bits per heavy atom. The molecule has 2 heterocycles. The van der Waals surface area contributed by atoms with Gasteiger partial charge in [-0.3, -0.25) is 4.79 Å². The zero-order chi connectivity index (χ0) is 14.1. The minimum absolute atomic E-state index is 0.162. The molecule has 0 radical (unpaired) electrons. The van der Waals surface area contributed by atoms with Crippen LogP contribution in [0.1, 0.15) is 32.1 Å². The summed E-state index contributed by atoms with van der Waals surface area (Å²) in [4.78, 5) is 14.5. The molecule has 4 nitrogen and oxygen atoms in total. The first-order valence-corrected chi connectivity index (χ1v) is 7.33. The lowest BCUT2D eigenvalue weighted by Crippen LogP contribution is -2.40. The van der Waals surface area contributed by atoms with Crippen molar-refractivity contribution in [2.45, 2.75) is 44.2 Å². The predicted molar refractivity (Wildman–Crippen MR) is 75.7 cm³/mol. The Labute approximate surface area is 119 Å². The largest absolute Gasteiger partial charge is 0.508 e. The number of carbonyl (C=O) groups excluding carboxylic acids is 1. The molecular weight excluding hydrogens is 254 g/mol. The number of fused-ring (bicyclic) bond motifs is 2. The molecule has 108 valence electrons. The molecule has 2 aliphatic rings. The van der Waals surface area contributed by atoms with E-state index in [0.717, 1.165) is 12.8 Å². The van der Waals surface area contributed by atoms with Gasteiger partial charge in [0, 0.05) is 18.5 Å². The summed E-state index contributed by atoms with van der Waals surface area (Å²) in [6.07, 6.45) is 5.26. The average molecular weight is 275 g/mol. The molecule has 0 amide bonds. The van der Waals surface area contributed by atoms with E-state index < -0.39 is 0 Å². The van der Waals surface area contributed by atoms with Crippen molar-refractivity contribution in [3.63, 3.8) is 0 Å². The minimum atomic E-state index is -0.162. The molecule has 2 bridgehead atoms. The van der Waals surface area contributed by atoms with E-state index in [4.69, 9.17) is 4.74 Å². The summed E-state index contributed by atoms with van der Waals surface area (Å²) in [5.41, 5.74) is 0. The van der Waals surface area contributed by atoms with E-state index in [0.29, 0.717) is 30.2 Å². The molecule has 2 saturated heterocycles. The van der Waals surface area contributed by atoms with E-state index in [1.165, 1.54) is 25.0 Å². The van der Waals surface area contributed by atoms with Crippen molar-refractivity contribution in [3.8, 4) is 11.5 Å². The number of aromatic hydroxyl groups is 1. The van der Waals surface area contributed by atoms with Gasteiger partial charge in [0.1, 0.15) is 11.5 Å².